The Hall–Kier alpha value is -1.89. The number of hydrogen-bond donors (Lipinski definition) is 0. The zero-order valence-electron chi connectivity index (χ0n) is 10.2. The van der Waals surface area contributed by atoms with E-state index >= 15 is 0 Å². The van der Waals surface area contributed by atoms with Crippen LogP contribution in [-0.2, 0) is 6.42 Å². The van der Waals surface area contributed by atoms with Gasteiger partial charge in [0.2, 0.25) is 0 Å². The molecule has 1 heteroatoms. The molecule has 0 radical (unpaired) electrons. The molecule has 0 aliphatic carbocycles. The minimum atomic E-state index is 0.985. The van der Waals surface area contributed by atoms with Crippen LogP contribution in [0.5, 0.6) is 0 Å². The summed E-state index contributed by atoms with van der Waals surface area (Å²) in [4.78, 5) is 4.66. The maximum Gasteiger partial charge on any atom is 0.0697 e. The highest BCUT2D eigenvalue weighted by atomic mass is 14.7. The Labute approximate surface area is 102 Å². The predicted octanol–water partition coefficient (Wildman–Crippen LogP) is 3.96. The van der Waals surface area contributed by atoms with Crippen molar-refractivity contribution >= 4 is 11.9 Å². The van der Waals surface area contributed by atoms with Crippen molar-refractivity contribution < 1.29 is 0 Å². The Morgan fingerprint density at radius 2 is 1.71 bits per heavy atom. The molecular formula is C16H15N. The molecule has 2 aromatic rings. The van der Waals surface area contributed by atoms with E-state index in [9.17, 15) is 0 Å². The largest absolute Gasteiger partial charge is 0.256 e. The van der Waals surface area contributed by atoms with Gasteiger partial charge in [0.25, 0.3) is 0 Å². The zero-order chi connectivity index (χ0) is 11.8. The van der Waals surface area contributed by atoms with E-state index in [1.54, 1.807) is 0 Å². The number of aliphatic imine (C=N–C) groups is 1. The van der Waals surface area contributed by atoms with Crippen molar-refractivity contribution in [2.24, 2.45) is 4.99 Å². The quantitative estimate of drug-likeness (QED) is 0.545. The van der Waals surface area contributed by atoms with Gasteiger partial charge < -0.3 is 0 Å². The molecular weight excluding hydrogens is 206 g/mol. The van der Waals surface area contributed by atoms with Crippen molar-refractivity contribution in [3.05, 3.63) is 64.2 Å². The minimum absolute atomic E-state index is 0.985. The lowest BCUT2D eigenvalue weighted by molar-refractivity contribution is 1.15. The summed E-state index contributed by atoms with van der Waals surface area (Å²) in [7, 11) is 0. The maximum absolute atomic E-state index is 4.66. The van der Waals surface area contributed by atoms with Crippen molar-refractivity contribution in [1.29, 1.82) is 0 Å². The third-order valence-corrected chi connectivity index (χ3v) is 3.47. The van der Waals surface area contributed by atoms with Crippen LogP contribution in [0.3, 0.4) is 0 Å². The van der Waals surface area contributed by atoms with Crippen LogP contribution in [-0.4, -0.2) is 6.21 Å². The number of hydrogen-bond acceptors (Lipinski definition) is 1. The molecule has 0 aromatic heterocycles. The molecule has 17 heavy (non-hydrogen) atoms. The SMILES string of the molecule is Cc1ccc(C)c2c1Cc1ccccc1C=N2. The van der Waals surface area contributed by atoms with Crippen molar-refractivity contribution in [1.82, 2.24) is 0 Å². The highest BCUT2D eigenvalue weighted by Crippen LogP contribution is 2.31. The van der Waals surface area contributed by atoms with Crippen LogP contribution < -0.4 is 0 Å². The first kappa shape index (κ1) is 10.3. The number of aryl methyl sites for hydroxylation is 2. The Morgan fingerprint density at radius 1 is 0.941 bits per heavy atom. The summed E-state index contributed by atoms with van der Waals surface area (Å²) in [5.41, 5.74) is 7.72. The molecule has 84 valence electrons. The lowest BCUT2D eigenvalue weighted by Gasteiger charge is -2.10. The van der Waals surface area contributed by atoms with Gasteiger partial charge >= 0.3 is 0 Å². The Balaban J connectivity index is 2.25. The first-order valence-electron chi connectivity index (χ1n) is 5.97. The van der Waals surface area contributed by atoms with Gasteiger partial charge in [-0.25, -0.2) is 0 Å². The second kappa shape index (κ2) is 3.85. The highest BCUT2D eigenvalue weighted by molar-refractivity contribution is 5.86. The molecule has 1 nitrogen and oxygen atoms in total. The van der Waals surface area contributed by atoms with E-state index in [0.29, 0.717) is 0 Å². The first-order valence-corrected chi connectivity index (χ1v) is 5.97. The lowest BCUT2D eigenvalue weighted by atomic mass is 9.95. The number of benzene rings is 2. The van der Waals surface area contributed by atoms with Crippen LogP contribution in [0.4, 0.5) is 5.69 Å². The minimum Gasteiger partial charge on any atom is -0.256 e. The number of nitrogens with zero attached hydrogens (tertiary/aromatic N) is 1. The Bertz CT molecular complexity index is 609. The molecule has 0 unspecified atom stereocenters. The molecule has 0 atom stereocenters. The van der Waals surface area contributed by atoms with Gasteiger partial charge in [-0.05, 0) is 41.7 Å². The summed E-state index contributed by atoms with van der Waals surface area (Å²) in [5, 5.41) is 0. The van der Waals surface area contributed by atoms with Crippen molar-refractivity contribution in [2.45, 2.75) is 20.3 Å². The van der Waals surface area contributed by atoms with Gasteiger partial charge in [0.05, 0.1) is 5.69 Å². The predicted molar refractivity (Wildman–Crippen MR) is 72.4 cm³/mol. The summed E-state index contributed by atoms with van der Waals surface area (Å²) in [6.07, 6.45) is 2.98. The van der Waals surface area contributed by atoms with E-state index in [2.05, 4.69) is 55.2 Å². The van der Waals surface area contributed by atoms with Gasteiger partial charge in [-0.3, -0.25) is 4.99 Å². The average Bonchev–Trinajstić information content (AvgIpc) is 2.54. The van der Waals surface area contributed by atoms with Crippen molar-refractivity contribution in [3.63, 3.8) is 0 Å². The fourth-order valence-corrected chi connectivity index (χ4v) is 2.40. The van der Waals surface area contributed by atoms with Gasteiger partial charge in [-0.2, -0.15) is 0 Å². The van der Waals surface area contributed by atoms with Crippen LogP contribution in [0, 0.1) is 13.8 Å². The van der Waals surface area contributed by atoms with Gasteiger partial charge in [-0.15, -0.1) is 0 Å². The third-order valence-electron chi connectivity index (χ3n) is 3.47. The maximum atomic E-state index is 4.66. The molecule has 0 bridgehead atoms. The van der Waals surface area contributed by atoms with E-state index < -0.39 is 0 Å². The van der Waals surface area contributed by atoms with Gasteiger partial charge in [0.1, 0.15) is 0 Å². The summed E-state index contributed by atoms with van der Waals surface area (Å²) in [5.74, 6) is 0. The Kier molecular flexibility index (Phi) is 2.32. The second-order valence-corrected chi connectivity index (χ2v) is 4.66. The molecule has 0 N–H and O–H groups in total. The molecule has 0 saturated heterocycles. The number of rotatable bonds is 0. The molecule has 1 aliphatic rings. The van der Waals surface area contributed by atoms with Gasteiger partial charge in [-0.1, -0.05) is 36.4 Å². The smallest absolute Gasteiger partial charge is 0.0697 e. The third kappa shape index (κ3) is 1.68. The van der Waals surface area contributed by atoms with E-state index in [4.69, 9.17) is 0 Å². The highest BCUT2D eigenvalue weighted by Gasteiger charge is 2.13. The van der Waals surface area contributed by atoms with E-state index in [0.717, 1.165) is 12.1 Å². The van der Waals surface area contributed by atoms with Crippen molar-refractivity contribution in [3.8, 4) is 0 Å². The van der Waals surface area contributed by atoms with Crippen LogP contribution in [0.1, 0.15) is 27.8 Å². The van der Waals surface area contributed by atoms with Crippen LogP contribution in [0.2, 0.25) is 0 Å². The average molecular weight is 221 g/mol. The molecule has 1 aliphatic heterocycles. The molecule has 2 aromatic carbocycles. The molecule has 1 heterocycles. The monoisotopic (exact) mass is 221 g/mol. The van der Waals surface area contributed by atoms with E-state index in [1.165, 1.54) is 27.8 Å². The zero-order valence-corrected chi connectivity index (χ0v) is 10.2. The van der Waals surface area contributed by atoms with Crippen LogP contribution >= 0.6 is 0 Å². The summed E-state index contributed by atoms with van der Waals surface area (Å²) < 4.78 is 0. The molecule has 0 fully saturated rings. The molecule has 0 saturated carbocycles. The fraction of sp³-hybridized carbons (Fsp3) is 0.188. The lowest BCUT2D eigenvalue weighted by Crippen LogP contribution is -1.94. The summed E-state index contributed by atoms with van der Waals surface area (Å²) >= 11 is 0. The van der Waals surface area contributed by atoms with Crippen LogP contribution in [0.25, 0.3) is 0 Å². The topological polar surface area (TPSA) is 12.4 Å². The normalized spacial score (nSPS) is 12.8. The number of fused-ring (bicyclic) bond motifs is 2. The summed E-state index contributed by atoms with van der Waals surface area (Å²) in [6.45, 7) is 4.30. The standard InChI is InChI=1S/C16H15N/c1-11-7-8-12(2)16-15(11)9-13-5-3-4-6-14(13)10-17-16/h3-8,10H,9H2,1-2H3. The molecule has 3 rings (SSSR count). The molecule has 0 spiro atoms. The first-order chi connectivity index (χ1) is 8.25. The second-order valence-electron chi connectivity index (χ2n) is 4.66. The van der Waals surface area contributed by atoms with Crippen molar-refractivity contribution in [2.75, 3.05) is 0 Å². The fourth-order valence-electron chi connectivity index (χ4n) is 2.40. The van der Waals surface area contributed by atoms with Gasteiger partial charge in [0, 0.05) is 12.6 Å². The summed E-state index contributed by atoms with van der Waals surface area (Å²) in [6, 6.07) is 12.8. The van der Waals surface area contributed by atoms with E-state index in [-0.39, 0.29) is 0 Å². The van der Waals surface area contributed by atoms with Crippen LogP contribution in [0.15, 0.2) is 41.4 Å². The van der Waals surface area contributed by atoms with Gasteiger partial charge in [0.15, 0.2) is 0 Å². The van der Waals surface area contributed by atoms with E-state index in [1.807, 2.05) is 6.21 Å². The molecule has 0 amide bonds. The Morgan fingerprint density at radius 3 is 2.59 bits per heavy atom.